The van der Waals surface area contributed by atoms with Gasteiger partial charge in [0.05, 0.1) is 0 Å². The van der Waals surface area contributed by atoms with Gasteiger partial charge in [-0.15, -0.1) is 0 Å². The maximum Gasteiger partial charge on any atom is 0.0312 e. The van der Waals surface area contributed by atoms with E-state index < -0.39 is 0 Å². The summed E-state index contributed by atoms with van der Waals surface area (Å²) in [5.74, 6) is 0. The molecular weight excluding hydrogens is 134 g/mol. The standard InChI is InChI=1S/C10H19N/c1-5-8-9-10(6-2)11(4)7-3/h5,7-8,10H,3,6,9H2,1-2,4H3/b8-5+. The van der Waals surface area contributed by atoms with Crippen molar-refractivity contribution < 1.29 is 0 Å². The molecule has 0 aliphatic heterocycles. The van der Waals surface area contributed by atoms with Gasteiger partial charge in [0.15, 0.2) is 0 Å². The van der Waals surface area contributed by atoms with E-state index in [4.69, 9.17) is 0 Å². The van der Waals surface area contributed by atoms with E-state index in [0.29, 0.717) is 6.04 Å². The first-order valence-corrected chi connectivity index (χ1v) is 4.21. The monoisotopic (exact) mass is 153 g/mol. The highest BCUT2D eigenvalue weighted by atomic mass is 15.1. The first-order valence-electron chi connectivity index (χ1n) is 4.21. The Hall–Kier alpha value is -0.720. The first-order chi connectivity index (χ1) is 5.26. The Kier molecular flexibility index (Phi) is 5.63. The van der Waals surface area contributed by atoms with Crippen LogP contribution in [0.3, 0.4) is 0 Å². The van der Waals surface area contributed by atoms with Gasteiger partial charge in [0, 0.05) is 13.1 Å². The van der Waals surface area contributed by atoms with Crippen LogP contribution in [0.4, 0.5) is 0 Å². The molecular formula is C10H19N. The molecule has 0 bridgehead atoms. The normalized spacial score (nSPS) is 13.4. The SMILES string of the molecule is C=CN(C)C(CC)C/C=C/C. The number of hydrogen-bond donors (Lipinski definition) is 0. The van der Waals surface area contributed by atoms with E-state index in [2.05, 4.69) is 44.5 Å². The summed E-state index contributed by atoms with van der Waals surface area (Å²) in [4.78, 5) is 2.17. The van der Waals surface area contributed by atoms with E-state index in [1.807, 2.05) is 6.20 Å². The van der Waals surface area contributed by atoms with Crippen LogP contribution in [0.15, 0.2) is 24.9 Å². The summed E-state index contributed by atoms with van der Waals surface area (Å²) in [6.07, 6.45) is 8.48. The molecule has 0 N–H and O–H groups in total. The van der Waals surface area contributed by atoms with Crippen LogP contribution in [0.1, 0.15) is 26.7 Å². The lowest BCUT2D eigenvalue weighted by Gasteiger charge is -2.23. The molecule has 64 valence electrons. The molecule has 1 heteroatoms. The highest BCUT2D eigenvalue weighted by Crippen LogP contribution is 2.06. The van der Waals surface area contributed by atoms with Crippen LogP contribution in [-0.2, 0) is 0 Å². The second-order valence-corrected chi connectivity index (χ2v) is 2.71. The van der Waals surface area contributed by atoms with Gasteiger partial charge in [-0.2, -0.15) is 0 Å². The van der Waals surface area contributed by atoms with Gasteiger partial charge >= 0.3 is 0 Å². The molecule has 0 heterocycles. The van der Waals surface area contributed by atoms with Crippen molar-refractivity contribution in [3.63, 3.8) is 0 Å². The lowest BCUT2D eigenvalue weighted by molar-refractivity contribution is 0.323. The first kappa shape index (κ1) is 10.3. The van der Waals surface area contributed by atoms with Crippen molar-refractivity contribution in [2.24, 2.45) is 0 Å². The van der Waals surface area contributed by atoms with Crippen LogP contribution in [0, 0.1) is 0 Å². The zero-order valence-corrected chi connectivity index (χ0v) is 7.88. The van der Waals surface area contributed by atoms with Gasteiger partial charge in [0.1, 0.15) is 0 Å². The fourth-order valence-electron chi connectivity index (χ4n) is 1.06. The molecule has 0 radical (unpaired) electrons. The minimum absolute atomic E-state index is 0.615. The highest BCUT2D eigenvalue weighted by molar-refractivity contribution is 4.86. The van der Waals surface area contributed by atoms with Gasteiger partial charge in [-0.25, -0.2) is 0 Å². The lowest BCUT2D eigenvalue weighted by Crippen LogP contribution is -2.25. The third kappa shape index (κ3) is 3.87. The average molecular weight is 153 g/mol. The van der Waals surface area contributed by atoms with Gasteiger partial charge in [-0.3, -0.25) is 0 Å². The van der Waals surface area contributed by atoms with E-state index in [1.54, 1.807) is 0 Å². The third-order valence-electron chi connectivity index (χ3n) is 1.98. The molecule has 0 aromatic heterocycles. The van der Waals surface area contributed by atoms with Crippen molar-refractivity contribution >= 4 is 0 Å². The van der Waals surface area contributed by atoms with Crippen molar-refractivity contribution in [1.82, 2.24) is 4.90 Å². The quantitative estimate of drug-likeness (QED) is 0.549. The van der Waals surface area contributed by atoms with E-state index in [0.717, 1.165) is 6.42 Å². The zero-order chi connectivity index (χ0) is 8.69. The van der Waals surface area contributed by atoms with E-state index in [1.165, 1.54) is 6.42 Å². The minimum Gasteiger partial charge on any atom is -0.378 e. The molecule has 1 unspecified atom stereocenters. The summed E-state index contributed by atoms with van der Waals surface area (Å²) in [6, 6.07) is 0.615. The van der Waals surface area contributed by atoms with Crippen molar-refractivity contribution in [3.05, 3.63) is 24.9 Å². The summed E-state index contributed by atoms with van der Waals surface area (Å²) < 4.78 is 0. The summed E-state index contributed by atoms with van der Waals surface area (Å²) in [5.41, 5.74) is 0. The Bertz CT molecular complexity index is 127. The molecule has 0 aromatic rings. The maximum absolute atomic E-state index is 3.74. The van der Waals surface area contributed by atoms with Crippen molar-refractivity contribution in [1.29, 1.82) is 0 Å². The molecule has 0 saturated heterocycles. The van der Waals surface area contributed by atoms with Crippen LogP contribution < -0.4 is 0 Å². The van der Waals surface area contributed by atoms with E-state index in [9.17, 15) is 0 Å². The Balaban J connectivity index is 3.83. The number of hydrogen-bond acceptors (Lipinski definition) is 1. The molecule has 0 aliphatic carbocycles. The largest absolute Gasteiger partial charge is 0.378 e. The van der Waals surface area contributed by atoms with Gasteiger partial charge < -0.3 is 4.90 Å². The Morgan fingerprint density at radius 2 is 2.18 bits per heavy atom. The minimum atomic E-state index is 0.615. The highest BCUT2D eigenvalue weighted by Gasteiger charge is 2.05. The predicted octanol–water partition coefficient (Wildman–Crippen LogP) is 2.81. The average Bonchev–Trinajstić information content (AvgIpc) is 2.05. The van der Waals surface area contributed by atoms with E-state index >= 15 is 0 Å². The smallest absolute Gasteiger partial charge is 0.0312 e. The topological polar surface area (TPSA) is 3.24 Å². The third-order valence-corrected chi connectivity index (χ3v) is 1.98. The van der Waals surface area contributed by atoms with Gasteiger partial charge in [-0.1, -0.05) is 25.7 Å². The zero-order valence-electron chi connectivity index (χ0n) is 7.88. The fourth-order valence-corrected chi connectivity index (χ4v) is 1.06. The predicted molar refractivity (Wildman–Crippen MR) is 51.5 cm³/mol. The van der Waals surface area contributed by atoms with Crippen LogP contribution in [-0.4, -0.2) is 18.0 Å². The Labute approximate surface area is 70.4 Å². The Morgan fingerprint density at radius 1 is 1.55 bits per heavy atom. The molecule has 1 atom stereocenters. The molecule has 0 aliphatic rings. The molecule has 0 spiro atoms. The molecule has 0 amide bonds. The van der Waals surface area contributed by atoms with Gasteiger partial charge in [0.2, 0.25) is 0 Å². The number of nitrogens with zero attached hydrogens (tertiary/aromatic N) is 1. The molecule has 0 fully saturated rings. The molecule has 1 nitrogen and oxygen atoms in total. The van der Waals surface area contributed by atoms with Crippen LogP contribution >= 0.6 is 0 Å². The second-order valence-electron chi connectivity index (χ2n) is 2.71. The summed E-state index contributed by atoms with van der Waals surface area (Å²) in [7, 11) is 2.07. The van der Waals surface area contributed by atoms with Gasteiger partial charge in [0.25, 0.3) is 0 Å². The van der Waals surface area contributed by atoms with Crippen LogP contribution in [0.5, 0.6) is 0 Å². The molecule has 0 saturated carbocycles. The summed E-state index contributed by atoms with van der Waals surface area (Å²) in [5, 5.41) is 0. The van der Waals surface area contributed by atoms with Crippen molar-refractivity contribution in [2.75, 3.05) is 7.05 Å². The molecule has 11 heavy (non-hydrogen) atoms. The molecule has 0 rings (SSSR count). The second kappa shape index (κ2) is 6.02. The number of rotatable bonds is 5. The number of allylic oxidation sites excluding steroid dienone is 1. The lowest BCUT2D eigenvalue weighted by atomic mass is 10.1. The van der Waals surface area contributed by atoms with Crippen molar-refractivity contribution in [3.8, 4) is 0 Å². The van der Waals surface area contributed by atoms with E-state index in [-0.39, 0.29) is 0 Å². The van der Waals surface area contributed by atoms with Gasteiger partial charge in [-0.05, 0) is 26.0 Å². The summed E-state index contributed by atoms with van der Waals surface area (Å²) in [6.45, 7) is 8.00. The maximum atomic E-state index is 3.74. The van der Waals surface area contributed by atoms with Crippen molar-refractivity contribution in [2.45, 2.75) is 32.7 Å². The van der Waals surface area contributed by atoms with Crippen LogP contribution in [0.2, 0.25) is 0 Å². The Morgan fingerprint density at radius 3 is 2.55 bits per heavy atom. The summed E-state index contributed by atoms with van der Waals surface area (Å²) >= 11 is 0. The molecule has 0 aromatic carbocycles. The fraction of sp³-hybridized carbons (Fsp3) is 0.600. The van der Waals surface area contributed by atoms with Crippen LogP contribution in [0.25, 0.3) is 0 Å².